The quantitative estimate of drug-likeness (QED) is 0.909. The number of carbonyl (C=O) groups is 1. The number of benzene rings is 1. The summed E-state index contributed by atoms with van der Waals surface area (Å²) in [6.07, 6.45) is 2.06. The van der Waals surface area contributed by atoms with Crippen LogP contribution in [0.2, 0.25) is 0 Å². The van der Waals surface area contributed by atoms with Crippen LogP contribution in [-0.2, 0) is 0 Å². The molecule has 2 rings (SSSR count). The zero-order valence-electron chi connectivity index (χ0n) is 10.2. The molecule has 18 heavy (non-hydrogen) atoms. The van der Waals surface area contributed by atoms with Gasteiger partial charge >= 0.3 is 0 Å². The van der Waals surface area contributed by atoms with Gasteiger partial charge in [0.25, 0.3) is 5.91 Å². The van der Waals surface area contributed by atoms with E-state index in [1.54, 1.807) is 18.0 Å². The van der Waals surface area contributed by atoms with E-state index in [-0.39, 0.29) is 11.9 Å². The van der Waals surface area contributed by atoms with Crippen molar-refractivity contribution in [2.45, 2.75) is 18.9 Å². The van der Waals surface area contributed by atoms with Crippen molar-refractivity contribution in [2.75, 3.05) is 20.1 Å². The number of hydrogen-bond acceptors (Lipinski definition) is 2. The summed E-state index contributed by atoms with van der Waals surface area (Å²) in [7, 11) is 1.78. The van der Waals surface area contributed by atoms with Gasteiger partial charge in [0.1, 0.15) is 5.82 Å². The third-order valence-electron chi connectivity index (χ3n) is 3.25. The van der Waals surface area contributed by atoms with E-state index in [9.17, 15) is 9.18 Å². The van der Waals surface area contributed by atoms with Crippen LogP contribution in [0.1, 0.15) is 23.2 Å². The van der Waals surface area contributed by atoms with Crippen molar-refractivity contribution in [3.8, 4) is 0 Å². The molecule has 0 bridgehead atoms. The number of rotatable bonds is 2. The second-order valence-corrected chi connectivity index (χ2v) is 5.49. The van der Waals surface area contributed by atoms with E-state index in [0.29, 0.717) is 10.0 Å². The summed E-state index contributed by atoms with van der Waals surface area (Å²) in [6, 6.07) is 4.46. The summed E-state index contributed by atoms with van der Waals surface area (Å²) in [6.45, 7) is 1.81. The molecule has 1 aromatic rings. The smallest absolute Gasteiger partial charge is 0.254 e. The van der Waals surface area contributed by atoms with Crippen LogP contribution in [0.15, 0.2) is 22.7 Å². The molecule has 1 saturated heterocycles. The van der Waals surface area contributed by atoms with Crippen LogP contribution < -0.4 is 5.32 Å². The Morgan fingerprint density at radius 3 is 2.89 bits per heavy atom. The van der Waals surface area contributed by atoms with E-state index < -0.39 is 5.82 Å². The van der Waals surface area contributed by atoms with Gasteiger partial charge < -0.3 is 10.2 Å². The largest absolute Gasteiger partial charge is 0.337 e. The van der Waals surface area contributed by atoms with E-state index >= 15 is 0 Å². The van der Waals surface area contributed by atoms with Gasteiger partial charge in [-0.15, -0.1) is 0 Å². The first-order valence-corrected chi connectivity index (χ1v) is 6.81. The lowest BCUT2D eigenvalue weighted by Crippen LogP contribution is -2.46. The maximum Gasteiger partial charge on any atom is 0.254 e. The first-order chi connectivity index (χ1) is 8.58. The average Bonchev–Trinajstić information content (AvgIpc) is 2.37. The van der Waals surface area contributed by atoms with Crippen LogP contribution in [0.25, 0.3) is 0 Å². The minimum Gasteiger partial charge on any atom is -0.337 e. The molecule has 1 fully saturated rings. The molecule has 0 radical (unpaired) electrons. The van der Waals surface area contributed by atoms with Crippen molar-refractivity contribution in [3.63, 3.8) is 0 Å². The lowest BCUT2D eigenvalue weighted by atomic mass is 10.1. The number of likely N-dealkylation sites (N-methyl/N-ethyl adjacent to an activating group) is 1. The van der Waals surface area contributed by atoms with Crippen LogP contribution in [0, 0.1) is 5.82 Å². The van der Waals surface area contributed by atoms with Gasteiger partial charge in [0.05, 0.1) is 0 Å². The molecular weight excluding hydrogens is 299 g/mol. The maximum absolute atomic E-state index is 13.3. The molecule has 0 saturated carbocycles. The zero-order valence-corrected chi connectivity index (χ0v) is 11.8. The highest BCUT2D eigenvalue weighted by Gasteiger charge is 2.23. The number of halogens is 2. The van der Waals surface area contributed by atoms with Crippen molar-refractivity contribution in [1.82, 2.24) is 10.2 Å². The van der Waals surface area contributed by atoms with Crippen molar-refractivity contribution < 1.29 is 9.18 Å². The highest BCUT2D eigenvalue weighted by atomic mass is 79.9. The monoisotopic (exact) mass is 314 g/mol. The van der Waals surface area contributed by atoms with Crippen molar-refractivity contribution in [3.05, 3.63) is 34.1 Å². The molecule has 1 aromatic carbocycles. The number of carbonyl (C=O) groups excluding carboxylic acids is 1. The lowest BCUT2D eigenvalue weighted by molar-refractivity contribution is 0.0707. The summed E-state index contributed by atoms with van der Waals surface area (Å²) >= 11 is 3.20. The summed E-state index contributed by atoms with van der Waals surface area (Å²) in [5.41, 5.74) is 0.384. The number of hydrogen-bond donors (Lipinski definition) is 1. The Hall–Kier alpha value is -0.940. The predicted octanol–water partition coefficient (Wildman–Crippen LogP) is 2.41. The fourth-order valence-corrected chi connectivity index (χ4v) is 2.68. The van der Waals surface area contributed by atoms with Crippen LogP contribution in [0.5, 0.6) is 0 Å². The third-order valence-corrected chi connectivity index (χ3v) is 3.71. The van der Waals surface area contributed by atoms with Gasteiger partial charge in [-0.05, 0) is 37.6 Å². The first-order valence-electron chi connectivity index (χ1n) is 6.02. The van der Waals surface area contributed by atoms with Crippen LogP contribution in [0.3, 0.4) is 0 Å². The second-order valence-electron chi connectivity index (χ2n) is 4.57. The second kappa shape index (κ2) is 5.80. The molecule has 5 heteroatoms. The fourth-order valence-electron chi connectivity index (χ4n) is 2.21. The van der Waals surface area contributed by atoms with Gasteiger partial charge in [0, 0.05) is 29.7 Å². The minimum absolute atomic E-state index is 0.135. The Morgan fingerprint density at radius 1 is 1.50 bits per heavy atom. The van der Waals surface area contributed by atoms with E-state index in [4.69, 9.17) is 0 Å². The van der Waals surface area contributed by atoms with Crippen LogP contribution in [0.4, 0.5) is 4.39 Å². The van der Waals surface area contributed by atoms with E-state index in [0.717, 1.165) is 25.9 Å². The van der Waals surface area contributed by atoms with E-state index in [1.807, 2.05) is 0 Å². The van der Waals surface area contributed by atoms with Gasteiger partial charge in [0.15, 0.2) is 0 Å². The summed E-state index contributed by atoms with van der Waals surface area (Å²) in [4.78, 5) is 14.0. The molecule has 1 aliphatic heterocycles. The van der Waals surface area contributed by atoms with Crippen LogP contribution >= 0.6 is 15.9 Å². The number of nitrogens with zero attached hydrogens (tertiary/aromatic N) is 1. The number of amides is 1. The zero-order chi connectivity index (χ0) is 13.1. The molecule has 1 amide bonds. The lowest BCUT2D eigenvalue weighted by Gasteiger charge is -2.31. The molecular formula is C13H16BrFN2O. The maximum atomic E-state index is 13.3. The van der Waals surface area contributed by atoms with Gasteiger partial charge in [-0.25, -0.2) is 4.39 Å². The highest BCUT2D eigenvalue weighted by molar-refractivity contribution is 9.10. The SMILES string of the molecule is CN(C(=O)c1cc(F)cc(Br)c1)C1CCCNC1. The highest BCUT2D eigenvalue weighted by Crippen LogP contribution is 2.18. The number of nitrogens with one attached hydrogen (secondary N) is 1. The molecule has 1 unspecified atom stereocenters. The number of piperidine rings is 1. The Balaban J connectivity index is 2.14. The van der Waals surface area contributed by atoms with E-state index in [2.05, 4.69) is 21.2 Å². The normalized spacial score (nSPS) is 19.6. The Morgan fingerprint density at radius 2 is 2.28 bits per heavy atom. The Kier molecular flexibility index (Phi) is 4.35. The fraction of sp³-hybridized carbons (Fsp3) is 0.462. The van der Waals surface area contributed by atoms with E-state index in [1.165, 1.54) is 12.1 Å². The molecule has 1 aliphatic rings. The van der Waals surface area contributed by atoms with Gasteiger partial charge in [0.2, 0.25) is 0 Å². The van der Waals surface area contributed by atoms with Gasteiger partial charge in [-0.2, -0.15) is 0 Å². The molecule has 3 nitrogen and oxygen atoms in total. The van der Waals surface area contributed by atoms with Crippen molar-refractivity contribution in [1.29, 1.82) is 0 Å². The molecule has 98 valence electrons. The van der Waals surface area contributed by atoms with Gasteiger partial charge in [-0.3, -0.25) is 4.79 Å². The standard InChI is InChI=1S/C13H16BrFN2O/c1-17(12-3-2-4-16-8-12)13(18)9-5-10(14)7-11(15)6-9/h5-7,12,16H,2-4,8H2,1H3. The molecule has 1 N–H and O–H groups in total. The molecule has 1 heterocycles. The summed E-state index contributed by atoms with van der Waals surface area (Å²) in [5, 5.41) is 3.27. The van der Waals surface area contributed by atoms with Crippen LogP contribution in [-0.4, -0.2) is 37.0 Å². The molecule has 0 aromatic heterocycles. The average molecular weight is 315 g/mol. The van der Waals surface area contributed by atoms with Gasteiger partial charge in [-0.1, -0.05) is 15.9 Å². The first kappa shape index (κ1) is 13.5. The molecule has 0 spiro atoms. The van der Waals surface area contributed by atoms with Crippen molar-refractivity contribution >= 4 is 21.8 Å². The summed E-state index contributed by atoms with van der Waals surface area (Å²) < 4.78 is 13.9. The molecule has 1 atom stereocenters. The van der Waals surface area contributed by atoms with Crippen molar-refractivity contribution in [2.24, 2.45) is 0 Å². The third kappa shape index (κ3) is 3.09. The Bertz CT molecular complexity index is 426. The minimum atomic E-state index is -0.400. The Labute approximate surface area is 114 Å². The predicted molar refractivity (Wildman–Crippen MR) is 72.1 cm³/mol. The summed E-state index contributed by atoms with van der Waals surface area (Å²) in [5.74, 6) is -0.535. The molecule has 0 aliphatic carbocycles. The topological polar surface area (TPSA) is 32.3 Å².